The van der Waals surface area contributed by atoms with Crippen LogP contribution >= 0.6 is 0 Å². The highest BCUT2D eigenvalue weighted by atomic mass is 28.4. The van der Waals surface area contributed by atoms with E-state index in [0.29, 0.717) is 5.41 Å². The Morgan fingerprint density at radius 3 is 1.98 bits per heavy atom. The highest BCUT2D eigenvalue weighted by Gasteiger charge is 2.41. The van der Waals surface area contributed by atoms with E-state index in [-0.39, 0.29) is 17.1 Å². The van der Waals surface area contributed by atoms with Gasteiger partial charge in [-0.15, -0.1) is 0 Å². The van der Waals surface area contributed by atoms with Crippen LogP contribution in [0.1, 0.15) is 117 Å². The molecule has 0 unspecified atom stereocenters. The van der Waals surface area contributed by atoms with E-state index in [0.717, 1.165) is 52.6 Å². The quantitative estimate of drug-likeness (QED) is 0.216. The lowest BCUT2D eigenvalue weighted by Gasteiger charge is -2.43. The average Bonchev–Trinajstić information content (AvgIpc) is 3.34. The fourth-order valence-corrected chi connectivity index (χ4v) is 7.70. The molecule has 2 aliphatic rings. The highest BCUT2D eigenvalue weighted by Crippen LogP contribution is 2.50. The van der Waals surface area contributed by atoms with Crippen LogP contribution in [-0.4, -0.2) is 44.1 Å². The molecule has 0 bridgehead atoms. The van der Waals surface area contributed by atoms with Crippen LogP contribution in [-0.2, 0) is 14.3 Å². The lowest BCUT2D eigenvalue weighted by molar-refractivity contribution is -0.171. The molecule has 1 aliphatic carbocycles. The Kier molecular flexibility index (Phi) is 10.0. The largest absolute Gasteiger partial charge is 0.544 e. The van der Waals surface area contributed by atoms with Gasteiger partial charge in [-0.3, -0.25) is 4.98 Å². The fourth-order valence-electron chi connectivity index (χ4n) is 6.67. The van der Waals surface area contributed by atoms with Crippen molar-refractivity contribution in [1.82, 2.24) is 4.98 Å². The molecule has 1 aromatic carbocycles. The van der Waals surface area contributed by atoms with Crippen molar-refractivity contribution in [2.45, 2.75) is 144 Å². The third-order valence-corrected chi connectivity index (χ3v) is 14.4. The summed E-state index contributed by atoms with van der Waals surface area (Å²) in [5.41, 5.74) is 5.70. The van der Waals surface area contributed by atoms with Crippen LogP contribution in [0.3, 0.4) is 0 Å². The molecule has 1 saturated carbocycles. The minimum atomic E-state index is -1.98. The van der Waals surface area contributed by atoms with E-state index in [9.17, 15) is 4.79 Å². The number of pyridine rings is 1. The fraction of sp³-hybridized carbons (Fsp3) is 0.676. The summed E-state index contributed by atoms with van der Waals surface area (Å²) >= 11 is 0. The van der Waals surface area contributed by atoms with E-state index >= 15 is 0 Å². The summed E-state index contributed by atoms with van der Waals surface area (Å²) in [7, 11) is -1.98. The number of carbonyl (C=O) groups excluding carboxylic acids is 1. The zero-order chi connectivity index (χ0) is 32.7. The SMILES string of the molecule is Cc1nc(C)c([C@H](OC(C)(C)C)C(=O)OC(C)C)c(N2CCC3(CCCC3)CC2)c1-c1ccc(O[Si](C)(C)C(C)(C)C)cc1. The van der Waals surface area contributed by atoms with Gasteiger partial charge in [0.25, 0.3) is 0 Å². The van der Waals surface area contributed by atoms with Crippen molar-refractivity contribution in [2.75, 3.05) is 18.0 Å². The Labute approximate surface area is 268 Å². The first-order valence-corrected chi connectivity index (χ1v) is 19.7. The van der Waals surface area contributed by atoms with Gasteiger partial charge in [0, 0.05) is 35.6 Å². The molecule has 6 nitrogen and oxygen atoms in total. The number of ether oxygens (including phenoxy) is 2. The van der Waals surface area contributed by atoms with Crippen molar-refractivity contribution in [1.29, 1.82) is 0 Å². The number of anilines is 1. The van der Waals surface area contributed by atoms with E-state index in [4.69, 9.17) is 18.9 Å². The number of rotatable bonds is 8. The lowest BCUT2D eigenvalue weighted by atomic mass is 9.76. The maximum atomic E-state index is 13.8. The van der Waals surface area contributed by atoms with Gasteiger partial charge in [-0.2, -0.15) is 0 Å². The van der Waals surface area contributed by atoms with Gasteiger partial charge < -0.3 is 18.8 Å². The van der Waals surface area contributed by atoms with Gasteiger partial charge in [-0.1, -0.05) is 45.7 Å². The number of esters is 1. The molecule has 244 valence electrons. The Balaban J connectivity index is 1.87. The number of benzene rings is 1. The normalized spacial score (nSPS) is 18.2. The van der Waals surface area contributed by atoms with Crippen LogP contribution in [0.4, 0.5) is 5.69 Å². The van der Waals surface area contributed by atoms with E-state index in [2.05, 4.69) is 70.0 Å². The van der Waals surface area contributed by atoms with E-state index in [1.807, 2.05) is 41.5 Å². The molecular formula is C37H58N2O4Si. The summed E-state index contributed by atoms with van der Waals surface area (Å²) in [5.74, 6) is 0.536. The maximum Gasteiger partial charge on any atom is 0.340 e. The molecule has 2 heterocycles. The Morgan fingerprint density at radius 2 is 1.48 bits per heavy atom. The van der Waals surface area contributed by atoms with E-state index < -0.39 is 20.0 Å². The molecule has 7 heteroatoms. The van der Waals surface area contributed by atoms with Crippen LogP contribution in [0.15, 0.2) is 24.3 Å². The number of hydrogen-bond acceptors (Lipinski definition) is 6. The molecule has 1 aliphatic heterocycles. The predicted octanol–water partition coefficient (Wildman–Crippen LogP) is 9.72. The molecule has 2 aromatic rings. The summed E-state index contributed by atoms with van der Waals surface area (Å²) in [5, 5.41) is 0.114. The first-order valence-electron chi connectivity index (χ1n) is 16.8. The van der Waals surface area contributed by atoms with Crippen molar-refractivity contribution in [3.63, 3.8) is 0 Å². The molecule has 0 radical (unpaired) electrons. The number of nitrogens with zero attached hydrogens (tertiary/aromatic N) is 2. The average molecular weight is 623 g/mol. The molecule has 1 spiro atoms. The lowest BCUT2D eigenvalue weighted by Crippen LogP contribution is -2.43. The molecule has 0 amide bonds. The molecule has 2 fully saturated rings. The molecule has 44 heavy (non-hydrogen) atoms. The zero-order valence-electron chi connectivity index (χ0n) is 29.6. The van der Waals surface area contributed by atoms with Gasteiger partial charge in [-0.05, 0) is 115 Å². The third kappa shape index (κ3) is 7.70. The van der Waals surface area contributed by atoms with Crippen LogP contribution in [0, 0.1) is 19.3 Å². The van der Waals surface area contributed by atoms with E-state index in [1.165, 1.54) is 38.5 Å². The maximum absolute atomic E-state index is 13.8. The number of aromatic nitrogens is 1. The van der Waals surface area contributed by atoms with Crippen LogP contribution in [0.5, 0.6) is 5.75 Å². The molecule has 1 saturated heterocycles. The standard InChI is InChI=1S/C37H58N2O4Si/c1-25(2)41-34(40)33(42-35(5,6)7)31-27(4)38-26(3)30(32(31)39-23-21-37(22-24-39)19-13-14-20-37)28-15-17-29(18-16-28)43-44(11,12)36(8,9)10/h15-18,25,33H,13-14,19-24H2,1-12H3/t33-/m0/s1. The number of aryl methyl sites for hydroxylation is 2. The first kappa shape index (κ1) is 34.5. The summed E-state index contributed by atoms with van der Waals surface area (Å²) in [6.45, 7) is 27.1. The number of hydrogen-bond donors (Lipinski definition) is 0. The number of carbonyl (C=O) groups is 1. The minimum absolute atomic E-state index is 0.114. The van der Waals surface area contributed by atoms with Crippen LogP contribution < -0.4 is 9.33 Å². The van der Waals surface area contributed by atoms with Gasteiger partial charge >= 0.3 is 5.97 Å². The Bertz CT molecular complexity index is 1300. The minimum Gasteiger partial charge on any atom is -0.544 e. The number of piperidine rings is 1. The highest BCUT2D eigenvalue weighted by molar-refractivity contribution is 6.74. The predicted molar refractivity (Wildman–Crippen MR) is 184 cm³/mol. The van der Waals surface area contributed by atoms with Crippen LogP contribution in [0.25, 0.3) is 11.1 Å². The smallest absolute Gasteiger partial charge is 0.340 e. The molecule has 1 aromatic heterocycles. The van der Waals surface area contributed by atoms with Gasteiger partial charge in [-0.25, -0.2) is 4.79 Å². The topological polar surface area (TPSA) is 60.9 Å². The summed E-state index contributed by atoms with van der Waals surface area (Å²) in [6.07, 6.45) is 6.57. The zero-order valence-corrected chi connectivity index (χ0v) is 30.6. The van der Waals surface area contributed by atoms with Gasteiger partial charge in [0.05, 0.1) is 17.4 Å². The van der Waals surface area contributed by atoms with Gasteiger partial charge in [0.15, 0.2) is 6.10 Å². The van der Waals surface area contributed by atoms with Crippen molar-refractivity contribution < 1.29 is 18.7 Å². The van der Waals surface area contributed by atoms with Crippen LogP contribution in [0.2, 0.25) is 18.1 Å². The van der Waals surface area contributed by atoms with Gasteiger partial charge in [0.1, 0.15) is 5.75 Å². The van der Waals surface area contributed by atoms with Crippen molar-refractivity contribution >= 4 is 20.0 Å². The molecule has 1 atom stereocenters. The van der Waals surface area contributed by atoms with E-state index in [1.54, 1.807) is 0 Å². The Hall–Kier alpha value is -2.38. The first-order chi connectivity index (χ1) is 20.3. The van der Waals surface area contributed by atoms with Gasteiger partial charge in [0.2, 0.25) is 8.32 Å². The second-order valence-electron chi connectivity index (χ2n) is 16.1. The van der Waals surface area contributed by atoms with Crippen molar-refractivity contribution in [3.05, 3.63) is 41.2 Å². The molecule has 4 rings (SSSR count). The summed E-state index contributed by atoms with van der Waals surface area (Å²) < 4.78 is 19.0. The Morgan fingerprint density at radius 1 is 0.909 bits per heavy atom. The second kappa shape index (κ2) is 12.8. The van der Waals surface area contributed by atoms with Crippen molar-refractivity contribution in [3.8, 4) is 16.9 Å². The molecule has 0 N–H and O–H groups in total. The second-order valence-corrected chi connectivity index (χ2v) is 20.8. The summed E-state index contributed by atoms with van der Waals surface area (Å²) in [4.78, 5) is 21.4. The summed E-state index contributed by atoms with van der Waals surface area (Å²) in [6, 6.07) is 8.50. The monoisotopic (exact) mass is 622 g/mol. The molecular weight excluding hydrogens is 565 g/mol. The third-order valence-electron chi connectivity index (χ3n) is 10.0. The van der Waals surface area contributed by atoms with Crippen molar-refractivity contribution in [2.24, 2.45) is 5.41 Å².